The predicted octanol–water partition coefficient (Wildman–Crippen LogP) is 2.02. The van der Waals surface area contributed by atoms with Gasteiger partial charge in [0.1, 0.15) is 0 Å². The summed E-state index contributed by atoms with van der Waals surface area (Å²) in [6, 6.07) is 0.733. The number of carbonyl (C=O) groups excluding carboxylic acids is 1. The first-order chi connectivity index (χ1) is 7.88. The van der Waals surface area contributed by atoms with Crippen LogP contribution in [0.1, 0.15) is 28.0 Å². The fourth-order valence-electron chi connectivity index (χ4n) is 1.23. The van der Waals surface area contributed by atoms with Gasteiger partial charge in [0.05, 0.1) is 12.7 Å². The van der Waals surface area contributed by atoms with Crippen LogP contribution in [0, 0.1) is 17.0 Å². The highest BCUT2D eigenvalue weighted by Gasteiger charge is 2.28. The van der Waals surface area contributed by atoms with E-state index in [4.69, 9.17) is 0 Å². The number of methoxy groups -OCH3 is 1. The minimum absolute atomic E-state index is 0.195. The van der Waals surface area contributed by atoms with Crippen LogP contribution >= 0.6 is 0 Å². The highest BCUT2D eigenvalue weighted by molar-refractivity contribution is 5.93. The molecule has 92 valence electrons. The van der Waals surface area contributed by atoms with Crippen LogP contribution in [0.5, 0.6) is 0 Å². The quantitative estimate of drug-likeness (QED) is 0.463. The Kier molecular flexibility index (Phi) is 3.66. The van der Waals surface area contributed by atoms with E-state index in [0.29, 0.717) is 0 Å². The monoisotopic (exact) mass is 246 g/mol. The Morgan fingerprint density at radius 2 is 2.18 bits per heavy atom. The van der Waals surface area contributed by atoms with Crippen molar-refractivity contribution in [3.63, 3.8) is 0 Å². The van der Waals surface area contributed by atoms with Crippen LogP contribution in [0.2, 0.25) is 0 Å². The summed E-state index contributed by atoms with van der Waals surface area (Å²) in [5, 5.41) is 10.6. The number of alkyl halides is 2. The van der Waals surface area contributed by atoms with Crippen molar-refractivity contribution in [1.82, 2.24) is 4.98 Å². The number of ether oxygens (including phenoxy) is 1. The lowest BCUT2D eigenvalue weighted by Crippen LogP contribution is -2.10. The molecule has 0 N–H and O–H groups in total. The molecule has 0 bridgehead atoms. The maximum Gasteiger partial charge on any atom is 0.378 e. The summed E-state index contributed by atoms with van der Waals surface area (Å²) in [5.74, 6) is -1.87. The maximum atomic E-state index is 12.5. The van der Waals surface area contributed by atoms with Gasteiger partial charge in [0, 0.05) is 6.92 Å². The summed E-state index contributed by atoms with van der Waals surface area (Å²) in [4.78, 5) is 24.3. The lowest BCUT2D eigenvalue weighted by atomic mass is 10.1. The Labute approximate surface area is 94.4 Å². The van der Waals surface area contributed by atoms with Crippen molar-refractivity contribution >= 4 is 11.8 Å². The van der Waals surface area contributed by atoms with E-state index in [9.17, 15) is 23.7 Å². The van der Waals surface area contributed by atoms with Crippen molar-refractivity contribution in [2.24, 2.45) is 0 Å². The molecule has 1 aromatic rings. The van der Waals surface area contributed by atoms with E-state index >= 15 is 0 Å². The summed E-state index contributed by atoms with van der Waals surface area (Å²) < 4.78 is 29.4. The van der Waals surface area contributed by atoms with E-state index in [1.54, 1.807) is 0 Å². The molecule has 0 spiro atoms. The molecule has 8 heteroatoms. The van der Waals surface area contributed by atoms with Crippen LogP contribution in [0.4, 0.5) is 14.6 Å². The van der Waals surface area contributed by atoms with E-state index in [1.807, 2.05) is 0 Å². The summed E-state index contributed by atoms with van der Waals surface area (Å²) in [6.45, 7) is 1.20. The van der Waals surface area contributed by atoms with E-state index in [-0.39, 0.29) is 5.69 Å². The zero-order valence-corrected chi connectivity index (χ0v) is 8.94. The molecule has 0 aliphatic heterocycles. The Bertz CT molecular complexity index is 476. The number of aromatic nitrogens is 1. The zero-order chi connectivity index (χ0) is 13.2. The molecule has 1 aromatic heterocycles. The van der Waals surface area contributed by atoms with Gasteiger partial charge in [0.15, 0.2) is 11.3 Å². The second-order valence-corrected chi connectivity index (χ2v) is 3.08. The van der Waals surface area contributed by atoms with Gasteiger partial charge in [-0.25, -0.2) is 13.6 Å². The summed E-state index contributed by atoms with van der Waals surface area (Å²) in [7, 11) is 0.994. The van der Waals surface area contributed by atoms with Gasteiger partial charge in [-0.2, -0.15) is 0 Å². The molecular weight excluding hydrogens is 238 g/mol. The van der Waals surface area contributed by atoms with Crippen molar-refractivity contribution in [1.29, 1.82) is 0 Å². The maximum absolute atomic E-state index is 12.5. The molecule has 0 amide bonds. The number of carbonyl (C=O) groups is 1. The number of esters is 1. The minimum Gasteiger partial charge on any atom is -0.465 e. The standard InChI is InChI=1S/C9H8F2N2O4/c1-4-5(7(10)11)3-6(9(14)17-2)8(12-4)13(15)16/h3,7H,1-2H3. The highest BCUT2D eigenvalue weighted by Crippen LogP contribution is 2.27. The molecule has 0 atom stereocenters. The van der Waals surface area contributed by atoms with Crippen molar-refractivity contribution < 1.29 is 23.2 Å². The third-order valence-electron chi connectivity index (χ3n) is 2.05. The number of nitro groups is 1. The van der Waals surface area contributed by atoms with Gasteiger partial charge in [-0.1, -0.05) is 0 Å². The molecule has 0 saturated carbocycles. The van der Waals surface area contributed by atoms with Gasteiger partial charge < -0.3 is 14.9 Å². The van der Waals surface area contributed by atoms with Gasteiger partial charge in [0.2, 0.25) is 0 Å². The van der Waals surface area contributed by atoms with Crippen LogP contribution in [0.15, 0.2) is 6.07 Å². The molecular formula is C9H8F2N2O4. The van der Waals surface area contributed by atoms with E-state index < -0.39 is 34.3 Å². The molecule has 6 nitrogen and oxygen atoms in total. The second kappa shape index (κ2) is 4.81. The molecule has 0 aromatic carbocycles. The van der Waals surface area contributed by atoms with Gasteiger partial charge >= 0.3 is 11.8 Å². The van der Waals surface area contributed by atoms with Gasteiger partial charge in [-0.05, 0) is 16.0 Å². The summed E-state index contributed by atoms with van der Waals surface area (Å²) in [6.07, 6.45) is -2.87. The zero-order valence-electron chi connectivity index (χ0n) is 8.94. The molecule has 0 aliphatic carbocycles. The van der Waals surface area contributed by atoms with Crippen LogP contribution in [0.25, 0.3) is 0 Å². The van der Waals surface area contributed by atoms with Gasteiger partial charge in [-0.3, -0.25) is 0 Å². The number of aryl methyl sites for hydroxylation is 1. The first-order valence-electron chi connectivity index (χ1n) is 4.40. The van der Waals surface area contributed by atoms with E-state index in [1.165, 1.54) is 6.92 Å². The average molecular weight is 246 g/mol. The number of halogens is 2. The Morgan fingerprint density at radius 3 is 2.59 bits per heavy atom. The molecule has 0 saturated heterocycles. The van der Waals surface area contributed by atoms with Crippen molar-refractivity contribution in [2.45, 2.75) is 13.3 Å². The van der Waals surface area contributed by atoms with Gasteiger partial charge in [-0.15, -0.1) is 0 Å². The van der Waals surface area contributed by atoms with Crippen LogP contribution in [0.3, 0.4) is 0 Å². The molecule has 0 unspecified atom stereocenters. The first-order valence-corrected chi connectivity index (χ1v) is 4.40. The Balaban J connectivity index is 3.47. The largest absolute Gasteiger partial charge is 0.465 e. The third kappa shape index (κ3) is 2.52. The van der Waals surface area contributed by atoms with E-state index in [2.05, 4.69) is 9.72 Å². The Morgan fingerprint density at radius 1 is 1.59 bits per heavy atom. The molecule has 1 heterocycles. The second-order valence-electron chi connectivity index (χ2n) is 3.08. The Hall–Kier alpha value is -2.12. The molecule has 0 fully saturated rings. The van der Waals surface area contributed by atoms with Crippen LogP contribution < -0.4 is 0 Å². The topological polar surface area (TPSA) is 82.3 Å². The summed E-state index contributed by atoms with van der Waals surface area (Å²) >= 11 is 0. The summed E-state index contributed by atoms with van der Waals surface area (Å²) in [5.41, 5.74) is -1.31. The first kappa shape index (κ1) is 12.9. The van der Waals surface area contributed by atoms with Gasteiger partial charge in [0.25, 0.3) is 6.43 Å². The highest BCUT2D eigenvalue weighted by atomic mass is 19.3. The molecule has 0 radical (unpaired) electrons. The number of hydrogen-bond acceptors (Lipinski definition) is 5. The normalized spacial score (nSPS) is 10.4. The fourth-order valence-corrected chi connectivity index (χ4v) is 1.23. The lowest BCUT2D eigenvalue weighted by Gasteiger charge is -2.05. The van der Waals surface area contributed by atoms with Crippen LogP contribution in [-0.2, 0) is 4.74 Å². The van der Waals surface area contributed by atoms with Crippen molar-refractivity contribution in [3.05, 3.63) is 33.0 Å². The number of nitrogens with zero attached hydrogens (tertiary/aromatic N) is 2. The molecule has 17 heavy (non-hydrogen) atoms. The molecule has 1 rings (SSSR count). The van der Waals surface area contributed by atoms with E-state index in [0.717, 1.165) is 13.2 Å². The predicted molar refractivity (Wildman–Crippen MR) is 51.9 cm³/mol. The third-order valence-corrected chi connectivity index (χ3v) is 2.05. The lowest BCUT2D eigenvalue weighted by molar-refractivity contribution is -0.390. The van der Waals surface area contributed by atoms with Crippen molar-refractivity contribution in [3.8, 4) is 0 Å². The fraction of sp³-hybridized carbons (Fsp3) is 0.333. The molecule has 0 aliphatic rings. The number of pyridine rings is 1. The number of rotatable bonds is 3. The smallest absolute Gasteiger partial charge is 0.378 e. The average Bonchev–Trinajstić information content (AvgIpc) is 2.26. The minimum atomic E-state index is -2.87. The van der Waals surface area contributed by atoms with Crippen molar-refractivity contribution in [2.75, 3.05) is 7.11 Å². The number of hydrogen-bond donors (Lipinski definition) is 0. The van der Waals surface area contributed by atoms with Crippen LogP contribution in [-0.4, -0.2) is 23.0 Å². The SMILES string of the molecule is COC(=O)c1cc(C(F)F)c(C)nc1[N+](=O)[O-].